The Morgan fingerprint density at radius 2 is 2.36 bits per heavy atom. The van der Waals surface area contributed by atoms with Crippen molar-refractivity contribution in [2.24, 2.45) is 0 Å². The van der Waals surface area contributed by atoms with Crippen LogP contribution in [0.25, 0.3) is 6.08 Å². The molecule has 11 heavy (non-hydrogen) atoms. The maximum atomic E-state index is 12.6. The molecule has 0 aliphatic rings. The van der Waals surface area contributed by atoms with Crippen LogP contribution in [0.4, 0.5) is 4.39 Å². The predicted octanol–water partition coefficient (Wildman–Crippen LogP) is 1.87. The van der Waals surface area contributed by atoms with E-state index in [1.54, 1.807) is 6.07 Å². The molecule has 0 spiro atoms. The van der Waals surface area contributed by atoms with E-state index in [-0.39, 0.29) is 5.88 Å². The third kappa shape index (κ3) is 1.77. The molecule has 58 valence electrons. The minimum Gasteiger partial charge on any atom is -0.481 e. The molecular formula is C8H8FNO. The molecule has 0 fully saturated rings. The molecule has 0 aromatic carbocycles. The molecule has 0 aliphatic heterocycles. The summed E-state index contributed by atoms with van der Waals surface area (Å²) in [6, 6.07) is 2.89. The van der Waals surface area contributed by atoms with Crippen LogP contribution in [0.2, 0.25) is 0 Å². The van der Waals surface area contributed by atoms with Crippen molar-refractivity contribution in [3.63, 3.8) is 0 Å². The Morgan fingerprint density at radius 3 is 2.91 bits per heavy atom. The highest BCUT2D eigenvalue weighted by Gasteiger charge is 1.98. The largest absolute Gasteiger partial charge is 0.481 e. The number of methoxy groups -OCH3 is 1. The molecule has 0 N–H and O–H groups in total. The highest BCUT2D eigenvalue weighted by molar-refractivity contribution is 5.47. The number of hydrogen-bond acceptors (Lipinski definition) is 2. The summed E-state index contributed by atoms with van der Waals surface area (Å²) in [7, 11) is 1.44. The van der Waals surface area contributed by atoms with Gasteiger partial charge in [-0.15, -0.1) is 0 Å². The second-order valence-corrected chi connectivity index (χ2v) is 1.97. The summed E-state index contributed by atoms with van der Waals surface area (Å²) >= 11 is 0. The van der Waals surface area contributed by atoms with Crippen molar-refractivity contribution in [1.29, 1.82) is 0 Å². The second-order valence-electron chi connectivity index (χ2n) is 1.97. The fraction of sp³-hybridized carbons (Fsp3) is 0.125. The Kier molecular flexibility index (Phi) is 2.21. The minimum atomic E-state index is -0.556. The molecule has 0 saturated carbocycles. The van der Waals surface area contributed by atoms with Crippen LogP contribution in [0, 0.1) is 5.95 Å². The van der Waals surface area contributed by atoms with Gasteiger partial charge in [0, 0.05) is 12.1 Å². The van der Waals surface area contributed by atoms with Crippen LogP contribution in [0.15, 0.2) is 18.7 Å². The molecule has 2 nitrogen and oxygen atoms in total. The summed E-state index contributed by atoms with van der Waals surface area (Å²) in [6.45, 7) is 3.50. The van der Waals surface area contributed by atoms with E-state index in [2.05, 4.69) is 11.6 Å². The van der Waals surface area contributed by atoms with Crippen molar-refractivity contribution in [3.8, 4) is 5.88 Å². The van der Waals surface area contributed by atoms with E-state index in [0.29, 0.717) is 5.56 Å². The first-order valence-electron chi connectivity index (χ1n) is 3.10. The summed E-state index contributed by atoms with van der Waals surface area (Å²) in [5, 5.41) is 0. The summed E-state index contributed by atoms with van der Waals surface area (Å²) in [4.78, 5) is 3.46. The molecule has 1 heterocycles. The summed E-state index contributed by atoms with van der Waals surface area (Å²) in [5.74, 6) is -0.292. The molecule has 0 bridgehead atoms. The smallest absolute Gasteiger partial charge is 0.216 e. The number of halogens is 1. The van der Waals surface area contributed by atoms with Gasteiger partial charge in [0.1, 0.15) is 0 Å². The molecular weight excluding hydrogens is 145 g/mol. The van der Waals surface area contributed by atoms with Crippen molar-refractivity contribution < 1.29 is 9.13 Å². The highest BCUT2D eigenvalue weighted by Crippen LogP contribution is 2.11. The lowest BCUT2D eigenvalue weighted by Gasteiger charge is -1.99. The average molecular weight is 153 g/mol. The zero-order chi connectivity index (χ0) is 8.27. The number of nitrogens with zero attached hydrogens (tertiary/aromatic N) is 1. The quantitative estimate of drug-likeness (QED) is 0.605. The maximum Gasteiger partial charge on any atom is 0.216 e. The van der Waals surface area contributed by atoms with E-state index in [9.17, 15) is 4.39 Å². The van der Waals surface area contributed by atoms with E-state index >= 15 is 0 Å². The highest BCUT2D eigenvalue weighted by atomic mass is 19.1. The normalized spacial score (nSPS) is 9.27. The first kappa shape index (κ1) is 7.72. The van der Waals surface area contributed by atoms with Gasteiger partial charge in [0.15, 0.2) is 0 Å². The van der Waals surface area contributed by atoms with Crippen LogP contribution >= 0.6 is 0 Å². The van der Waals surface area contributed by atoms with Crippen LogP contribution in [0.5, 0.6) is 5.88 Å². The molecule has 1 rings (SSSR count). The van der Waals surface area contributed by atoms with Gasteiger partial charge in [-0.25, -0.2) is 0 Å². The Morgan fingerprint density at radius 1 is 1.64 bits per heavy atom. The molecule has 1 aromatic rings. The fourth-order valence-electron chi connectivity index (χ4n) is 0.714. The van der Waals surface area contributed by atoms with Gasteiger partial charge in [-0.05, 0) is 5.56 Å². The lowest BCUT2D eigenvalue weighted by Crippen LogP contribution is -1.91. The molecule has 3 heteroatoms. The second kappa shape index (κ2) is 3.14. The van der Waals surface area contributed by atoms with Gasteiger partial charge in [-0.1, -0.05) is 12.7 Å². The standard InChI is InChI=1S/C8H8FNO/c1-3-6-4-7(9)10-8(5-6)11-2/h3-5H,1H2,2H3. The first-order valence-corrected chi connectivity index (χ1v) is 3.10. The van der Waals surface area contributed by atoms with Gasteiger partial charge < -0.3 is 4.74 Å². The lowest BCUT2D eigenvalue weighted by molar-refractivity contribution is 0.387. The molecule has 0 radical (unpaired) electrons. The van der Waals surface area contributed by atoms with Crippen molar-refractivity contribution >= 4 is 6.08 Å². The maximum absolute atomic E-state index is 12.6. The predicted molar refractivity (Wildman–Crippen MR) is 40.8 cm³/mol. The van der Waals surface area contributed by atoms with E-state index in [4.69, 9.17) is 4.74 Å². The number of rotatable bonds is 2. The van der Waals surface area contributed by atoms with Gasteiger partial charge in [0.25, 0.3) is 0 Å². The number of aromatic nitrogens is 1. The lowest BCUT2D eigenvalue weighted by atomic mass is 10.3. The molecule has 0 amide bonds. The van der Waals surface area contributed by atoms with E-state index in [1.165, 1.54) is 19.3 Å². The van der Waals surface area contributed by atoms with Crippen LogP contribution < -0.4 is 4.74 Å². The van der Waals surface area contributed by atoms with Gasteiger partial charge in [0.05, 0.1) is 7.11 Å². The Bertz CT molecular complexity index is 273. The van der Waals surface area contributed by atoms with Gasteiger partial charge in [-0.2, -0.15) is 9.37 Å². The van der Waals surface area contributed by atoms with Crippen molar-refractivity contribution in [2.75, 3.05) is 7.11 Å². The fourth-order valence-corrected chi connectivity index (χ4v) is 0.714. The van der Waals surface area contributed by atoms with E-state index in [1.807, 2.05) is 0 Å². The summed E-state index contributed by atoms with van der Waals surface area (Å²) < 4.78 is 17.3. The topological polar surface area (TPSA) is 22.1 Å². The number of hydrogen-bond donors (Lipinski definition) is 0. The zero-order valence-electron chi connectivity index (χ0n) is 6.17. The Labute approximate surface area is 64.3 Å². The molecule has 0 unspecified atom stereocenters. The number of ether oxygens (including phenoxy) is 1. The van der Waals surface area contributed by atoms with Gasteiger partial charge >= 0.3 is 0 Å². The van der Waals surface area contributed by atoms with Gasteiger partial charge in [-0.3, -0.25) is 0 Å². The summed E-state index contributed by atoms with van der Waals surface area (Å²) in [5.41, 5.74) is 0.661. The minimum absolute atomic E-state index is 0.264. The molecule has 0 aliphatic carbocycles. The van der Waals surface area contributed by atoms with Crippen LogP contribution in [0.3, 0.4) is 0 Å². The first-order chi connectivity index (χ1) is 5.26. The van der Waals surface area contributed by atoms with E-state index < -0.39 is 5.95 Å². The SMILES string of the molecule is C=Cc1cc(F)nc(OC)c1. The van der Waals surface area contributed by atoms with E-state index in [0.717, 1.165) is 0 Å². The Hall–Kier alpha value is -1.38. The van der Waals surface area contributed by atoms with Gasteiger partial charge in [0.2, 0.25) is 11.8 Å². The zero-order valence-corrected chi connectivity index (χ0v) is 6.17. The molecule has 0 atom stereocenters. The van der Waals surface area contributed by atoms with Crippen molar-refractivity contribution in [1.82, 2.24) is 4.98 Å². The molecule has 0 saturated heterocycles. The van der Waals surface area contributed by atoms with Crippen LogP contribution in [-0.4, -0.2) is 12.1 Å². The van der Waals surface area contributed by atoms with Crippen LogP contribution in [-0.2, 0) is 0 Å². The third-order valence-electron chi connectivity index (χ3n) is 1.24. The Balaban J connectivity index is 3.11. The molecule has 1 aromatic heterocycles. The monoisotopic (exact) mass is 153 g/mol. The number of pyridine rings is 1. The summed E-state index contributed by atoms with van der Waals surface area (Å²) in [6.07, 6.45) is 1.54. The van der Waals surface area contributed by atoms with Crippen LogP contribution in [0.1, 0.15) is 5.56 Å². The third-order valence-corrected chi connectivity index (χ3v) is 1.24. The average Bonchev–Trinajstić information content (AvgIpc) is 2.03. The van der Waals surface area contributed by atoms with Crippen molar-refractivity contribution in [3.05, 3.63) is 30.2 Å². The van der Waals surface area contributed by atoms with Crippen molar-refractivity contribution in [2.45, 2.75) is 0 Å².